The predicted octanol–water partition coefficient (Wildman–Crippen LogP) is -0.136. The van der Waals surface area contributed by atoms with Crippen LogP contribution < -0.4 is 21.5 Å². The van der Waals surface area contributed by atoms with Crippen LogP contribution in [0.4, 0.5) is 11.4 Å². The Bertz CT molecular complexity index is 599. The maximum absolute atomic E-state index is 11.4. The van der Waals surface area contributed by atoms with E-state index in [-0.39, 0.29) is 23.0 Å². The number of carbonyl (C=O) groups is 1. The van der Waals surface area contributed by atoms with Crippen molar-refractivity contribution in [2.75, 3.05) is 23.7 Å². The molecule has 0 unspecified atom stereocenters. The molecule has 7 nitrogen and oxygen atoms in total. The van der Waals surface area contributed by atoms with Gasteiger partial charge in [-0.25, -0.2) is 13.6 Å². The number of sulfonamides is 1. The van der Waals surface area contributed by atoms with Gasteiger partial charge in [-0.15, -0.1) is 0 Å². The molecule has 20 heavy (non-hydrogen) atoms. The third-order valence-corrected chi connectivity index (χ3v) is 3.43. The van der Waals surface area contributed by atoms with Crippen molar-refractivity contribution in [3.63, 3.8) is 0 Å². The van der Waals surface area contributed by atoms with Crippen LogP contribution in [0.15, 0.2) is 23.1 Å². The molecule has 0 aliphatic rings. The third-order valence-electron chi connectivity index (χ3n) is 2.54. The Kier molecular flexibility index (Phi) is 4.96. The van der Waals surface area contributed by atoms with E-state index in [4.69, 9.17) is 16.6 Å². The van der Waals surface area contributed by atoms with Gasteiger partial charge in [0.1, 0.15) is 0 Å². The predicted molar refractivity (Wildman–Crippen MR) is 78.5 cm³/mol. The fourth-order valence-corrected chi connectivity index (χ4v) is 2.43. The van der Waals surface area contributed by atoms with Crippen LogP contribution in [-0.4, -0.2) is 27.4 Å². The lowest BCUT2D eigenvalue weighted by atomic mass is 10.1. The molecule has 0 aliphatic carbocycles. The highest BCUT2D eigenvalue weighted by Gasteiger charge is 2.16. The summed E-state index contributed by atoms with van der Waals surface area (Å²) in [6, 6.07) is 4.24. The second-order valence-corrected chi connectivity index (χ2v) is 6.61. The standard InChI is InChI=1S/C12H20N4O3S/c1-8(2)6-16(7-12(14)17)10-3-9(13)4-11(5-10)20(15,18)19/h3-5,8H,6-7,13H2,1-2H3,(H2,14,17)(H2,15,18,19). The average Bonchev–Trinajstić information content (AvgIpc) is 2.24. The number of hydrogen-bond acceptors (Lipinski definition) is 5. The molecule has 0 spiro atoms. The highest BCUT2D eigenvalue weighted by atomic mass is 32.2. The molecule has 0 heterocycles. The van der Waals surface area contributed by atoms with Crippen LogP contribution in [0.25, 0.3) is 0 Å². The van der Waals surface area contributed by atoms with E-state index in [0.717, 1.165) is 0 Å². The number of nitrogens with zero attached hydrogens (tertiary/aromatic N) is 1. The van der Waals surface area contributed by atoms with Crippen molar-refractivity contribution < 1.29 is 13.2 Å². The molecular weight excluding hydrogens is 280 g/mol. The molecule has 8 heteroatoms. The Hall–Kier alpha value is -1.80. The highest BCUT2D eigenvalue weighted by Crippen LogP contribution is 2.23. The molecule has 0 bridgehead atoms. The van der Waals surface area contributed by atoms with Crippen molar-refractivity contribution in [1.29, 1.82) is 0 Å². The van der Waals surface area contributed by atoms with E-state index < -0.39 is 15.9 Å². The summed E-state index contributed by atoms with van der Waals surface area (Å²) < 4.78 is 22.8. The fourth-order valence-electron chi connectivity index (χ4n) is 1.84. The molecule has 0 aliphatic heterocycles. The largest absolute Gasteiger partial charge is 0.399 e. The number of amides is 1. The number of hydrogen-bond donors (Lipinski definition) is 3. The summed E-state index contributed by atoms with van der Waals surface area (Å²) in [5.41, 5.74) is 11.7. The molecule has 1 aromatic rings. The second kappa shape index (κ2) is 6.10. The Morgan fingerprint density at radius 2 is 1.90 bits per heavy atom. The summed E-state index contributed by atoms with van der Waals surface area (Å²) in [7, 11) is -3.86. The molecule has 0 fully saturated rings. The molecule has 1 amide bonds. The van der Waals surface area contributed by atoms with Crippen molar-refractivity contribution in [1.82, 2.24) is 0 Å². The van der Waals surface area contributed by atoms with Crippen molar-refractivity contribution in [2.45, 2.75) is 18.7 Å². The van der Waals surface area contributed by atoms with Gasteiger partial charge in [-0.3, -0.25) is 4.79 Å². The number of nitrogens with two attached hydrogens (primary N) is 3. The van der Waals surface area contributed by atoms with E-state index in [1.54, 1.807) is 11.0 Å². The molecule has 0 saturated heterocycles. The van der Waals surface area contributed by atoms with Gasteiger partial charge in [-0.2, -0.15) is 0 Å². The van der Waals surface area contributed by atoms with Gasteiger partial charge >= 0.3 is 0 Å². The van der Waals surface area contributed by atoms with Crippen LogP contribution in [0.5, 0.6) is 0 Å². The molecule has 0 aromatic heterocycles. The first-order valence-electron chi connectivity index (χ1n) is 6.06. The fraction of sp³-hybridized carbons (Fsp3) is 0.417. The molecule has 6 N–H and O–H groups in total. The van der Waals surface area contributed by atoms with E-state index in [2.05, 4.69) is 0 Å². The van der Waals surface area contributed by atoms with Crippen molar-refractivity contribution in [3.8, 4) is 0 Å². The lowest BCUT2D eigenvalue weighted by molar-refractivity contribution is -0.116. The van der Waals surface area contributed by atoms with Crippen molar-refractivity contribution in [2.24, 2.45) is 16.8 Å². The van der Waals surface area contributed by atoms with Crippen molar-refractivity contribution in [3.05, 3.63) is 18.2 Å². The van der Waals surface area contributed by atoms with Crippen LogP contribution in [0.2, 0.25) is 0 Å². The van der Waals surface area contributed by atoms with Gasteiger partial charge in [-0.1, -0.05) is 13.8 Å². The number of carbonyl (C=O) groups excluding carboxylic acids is 1. The van der Waals surface area contributed by atoms with Gasteiger partial charge in [0, 0.05) is 17.9 Å². The van der Waals surface area contributed by atoms with Gasteiger partial charge < -0.3 is 16.4 Å². The van der Waals surface area contributed by atoms with E-state index in [9.17, 15) is 13.2 Å². The number of benzene rings is 1. The molecule has 1 aromatic carbocycles. The topological polar surface area (TPSA) is 133 Å². The Morgan fingerprint density at radius 3 is 2.35 bits per heavy atom. The Balaban J connectivity index is 3.25. The van der Waals surface area contributed by atoms with Gasteiger partial charge in [-0.05, 0) is 24.1 Å². The minimum absolute atomic E-state index is 0.0221. The van der Waals surface area contributed by atoms with E-state index in [1.165, 1.54) is 12.1 Å². The minimum atomic E-state index is -3.86. The zero-order chi connectivity index (χ0) is 15.5. The van der Waals surface area contributed by atoms with Crippen LogP contribution in [-0.2, 0) is 14.8 Å². The molecule has 112 valence electrons. The molecular formula is C12H20N4O3S. The summed E-state index contributed by atoms with van der Waals surface area (Å²) in [5.74, 6) is -0.251. The van der Waals surface area contributed by atoms with Crippen LogP contribution in [0.1, 0.15) is 13.8 Å². The maximum Gasteiger partial charge on any atom is 0.238 e. The smallest absolute Gasteiger partial charge is 0.238 e. The molecule has 0 saturated carbocycles. The molecule has 1 rings (SSSR count). The van der Waals surface area contributed by atoms with Gasteiger partial charge in [0.05, 0.1) is 11.4 Å². The quantitative estimate of drug-likeness (QED) is 0.629. The third kappa shape index (κ3) is 4.71. The Labute approximate surface area is 118 Å². The van der Waals surface area contributed by atoms with Crippen LogP contribution >= 0.6 is 0 Å². The Morgan fingerprint density at radius 1 is 1.30 bits per heavy atom. The lowest BCUT2D eigenvalue weighted by Crippen LogP contribution is -2.36. The lowest BCUT2D eigenvalue weighted by Gasteiger charge is -2.26. The first kappa shape index (κ1) is 16.3. The van der Waals surface area contributed by atoms with Crippen molar-refractivity contribution >= 4 is 27.3 Å². The average molecular weight is 300 g/mol. The SMILES string of the molecule is CC(C)CN(CC(N)=O)c1cc(N)cc(S(N)(=O)=O)c1. The van der Waals surface area contributed by atoms with Gasteiger partial charge in [0.2, 0.25) is 15.9 Å². The summed E-state index contributed by atoms with van der Waals surface area (Å²) in [6.07, 6.45) is 0. The first-order chi connectivity index (χ1) is 9.09. The van der Waals surface area contributed by atoms with E-state index in [0.29, 0.717) is 12.2 Å². The van der Waals surface area contributed by atoms with Gasteiger partial charge in [0.15, 0.2) is 0 Å². The van der Waals surface area contributed by atoms with E-state index >= 15 is 0 Å². The maximum atomic E-state index is 11.4. The normalized spacial score (nSPS) is 11.6. The number of anilines is 2. The molecule has 0 atom stereocenters. The van der Waals surface area contributed by atoms with Crippen LogP contribution in [0.3, 0.4) is 0 Å². The number of rotatable bonds is 6. The van der Waals surface area contributed by atoms with E-state index in [1.807, 2.05) is 13.8 Å². The number of primary amides is 1. The summed E-state index contributed by atoms with van der Waals surface area (Å²) in [5, 5.41) is 5.10. The zero-order valence-electron chi connectivity index (χ0n) is 11.5. The minimum Gasteiger partial charge on any atom is -0.399 e. The summed E-state index contributed by atoms with van der Waals surface area (Å²) in [6.45, 7) is 4.46. The highest BCUT2D eigenvalue weighted by molar-refractivity contribution is 7.89. The monoisotopic (exact) mass is 300 g/mol. The summed E-state index contributed by atoms with van der Waals surface area (Å²) in [4.78, 5) is 12.7. The molecule has 0 radical (unpaired) electrons. The van der Waals surface area contributed by atoms with Crippen LogP contribution in [0, 0.1) is 5.92 Å². The van der Waals surface area contributed by atoms with Gasteiger partial charge in [0.25, 0.3) is 0 Å². The zero-order valence-corrected chi connectivity index (χ0v) is 12.4. The number of primary sulfonamides is 1. The number of nitrogen functional groups attached to an aromatic ring is 1. The second-order valence-electron chi connectivity index (χ2n) is 5.05. The summed E-state index contributed by atoms with van der Waals surface area (Å²) >= 11 is 0. The first-order valence-corrected chi connectivity index (χ1v) is 7.61.